The van der Waals surface area contributed by atoms with Crippen LogP contribution in [0, 0.1) is 0 Å². The molecule has 0 aliphatic carbocycles. The fourth-order valence-corrected chi connectivity index (χ4v) is 4.11. The molecule has 0 unspecified atom stereocenters. The number of oxime groups is 1. The number of piperidine rings is 1. The van der Waals surface area contributed by atoms with Gasteiger partial charge in [-0.05, 0) is 50.7 Å². The van der Waals surface area contributed by atoms with Crippen molar-refractivity contribution in [2.75, 3.05) is 19.7 Å². The number of nitrogens with zero attached hydrogens (tertiary/aromatic N) is 2. The third-order valence-corrected chi connectivity index (χ3v) is 6.14. The van der Waals surface area contributed by atoms with Gasteiger partial charge in [-0.1, -0.05) is 35.0 Å². The number of fused-ring (bicyclic) bond motifs is 1. The number of allylic oxidation sites excluding steroid dienone is 3. The number of ether oxygens (including phenoxy) is 1. The maximum absolute atomic E-state index is 12.9. The first-order valence-corrected chi connectivity index (χ1v) is 12.0. The van der Waals surface area contributed by atoms with Gasteiger partial charge < -0.3 is 24.7 Å². The summed E-state index contributed by atoms with van der Waals surface area (Å²) in [6.45, 7) is 2.99. The minimum absolute atomic E-state index is 0.0240. The maximum Gasteiger partial charge on any atom is 0.342 e. The predicted molar refractivity (Wildman–Crippen MR) is 129 cm³/mol. The normalized spacial score (nSPS) is 21.0. The highest BCUT2D eigenvalue weighted by Crippen LogP contribution is 2.37. The number of carbonyl (C=O) groups is 2. The van der Waals surface area contributed by atoms with Gasteiger partial charge in [0.25, 0.3) is 5.91 Å². The molecule has 1 aromatic carbocycles. The quantitative estimate of drug-likeness (QED) is 0.366. The molecular formula is C25H31ClN2O6. The number of cyclic esters (lactones) is 1. The van der Waals surface area contributed by atoms with Crippen molar-refractivity contribution in [1.82, 2.24) is 4.90 Å². The van der Waals surface area contributed by atoms with Crippen molar-refractivity contribution in [1.29, 1.82) is 0 Å². The van der Waals surface area contributed by atoms with E-state index in [1.807, 2.05) is 18.2 Å². The molecule has 0 bridgehead atoms. The molecule has 8 nitrogen and oxygen atoms in total. The van der Waals surface area contributed by atoms with Crippen LogP contribution in [-0.4, -0.2) is 58.5 Å². The van der Waals surface area contributed by atoms with E-state index < -0.39 is 17.8 Å². The summed E-state index contributed by atoms with van der Waals surface area (Å²) in [5.41, 5.74) is 0.404. The molecule has 2 aliphatic heterocycles. The molecule has 0 spiro atoms. The topological polar surface area (TPSA) is 109 Å². The SMILES string of the molecule is C[C@@H]1CC=CCCC=CC(=NOCC(=O)N2CCCCC2)Cc2c(Cl)c(O)cc(O)c2C(=O)O1. The van der Waals surface area contributed by atoms with E-state index in [9.17, 15) is 19.8 Å². The molecule has 34 heavy (non-hydrogen) atoms. The number of esters is 1. The van der Waals surface area contributed by atoms with Crippen LogP contribution in [0.25, 0.3) is 0 Å². The lowest BCUT2D eigenvalue weighted by atomic mass is 9.99. The average molecular weight is 491 g/mol. The summed E-state index contributed by atoms with van der Waals surface area (Å²) in [5.74, 6) is -1.70. The van der Waals surface area contributed by atoms with Gasteiger partial charge in [0.15, 0.2) is 6.61 Å². The van der Waals surface area contributed by atoms with Crippen LogP contribution < -0.4 is 0 Å². The zero-order chi connectivity index (χ0) is 24.5. The molecular weight excluding hydrogens is 460 g/mol. The molecule has 184 valence electrons. The van der Waals surface area contributed by atoms with Crippen LogP contribution in [0.15, 0.2) is 35.5 Å². The van der Waals surface area contributed by atoms with Crippen LogP contribution in [0.1, 0.15) is 61.4 Å². The number of benzene rings is 1. The maximum atomic E-state index is 12.9. The number of carbonyl (C=O) groups excluding carboxylic acids is 2. The van der Waals surface area contributed by atoms with Crippen molar-refractivity contribution in [3.63, 3.8) is 0 Å². The molecule has 2 aliphatic rings. The second-order valence-corrected chi connectivity index (χ2v) is 8.84. The van der Waals surface area contributed by atoms with Crippen LogP contribution in [0.4, 0.5) is 0 Å². The Hall–Kier alpha value is -3.00. The summed E-state index contributed by atoms with van der Waals surface area (Å²) in [5, 5.41) is 24.6. The van der Waals surface area contributed by atoms with E-state index >= 15 is 0 Å². The monoisotopic (exact) mass is 490 g/mol. The van der Waals surface area contributed by atoms with Gasteiger partial charge in [-0.3, -0.25) is 4.79 Å². The highest BCUT2D eigenvalue weighted by Gasteiger charge is 2.26. The van der Waals surface area contributed by atoms with E-state index in [0.29, 0.717) is 25.2 Å². The van der Waals surface area contributed by atoms with Gasteiger partial charge >= 0.3 is 5.97 Å². The third kappa shape index (κ3) is 7.00. The minimum Gasteiger partial charge on any atom is -0.507 e. The van der Waals surface area contributed by atoms with Gasteiger partial charge in [-0.2, -0.15) is 0 Å². The lowest BCUT2D eigenvalue weighted by Gasteiger charge is -2.26. The first-order chi connectivity index (χ1) is 16.4. The number of halogens is 1. The first kappa shape index (κ1) is 25.6. The molecule has 1 saturated heterocycles. The van der Waals surface area contributed by atoms with E-state index in [1.165, 1.54) is 0 Å². The lowest BCUT2D eigenvalue weighted by molar-refractivity contribution is -0.137. The van der Waals surface area contributed by atoms with Crippen molar-refractivity contribution in [2.24, 2.45) is 5.16 Å². The fourth-order valence-electron chi connectivity index (χ4n) is 3.89. The molecule has 0 saturated carbocycles. The first-order valence-electron chi connectivity index (χ1n) is 11.6. The number of rotatable bonds is 3. The molecule has 9 heteroatoms. The summed E-state index contributed by atoms with van der Waals surface area (Å²) in [6, 6.07) is 1.01. The number of likely N-dealkylation sites (tertiary alicyclic amines) is 1. The van der Waals surface area contributed by atoms with Crippen molar-refractivity contribution >= 4 is 29.2 Å². The Balaban J connectivity index is 1.88. The number of hydrogen-bond donors (Lipinski definition) is 2. The largest absolute Gasteiger partial charge is 0.507 e. The Morgan fingerprint density at radius 3 is 2.68 bits per heavy atom. The number of amides is 1. The number of hydrogen-bond acceptors (Lipinski definition) is 7. The smallest absolute Gasteiger partial charge is 0.342 e. The number of phenols is 2. The second kappa shape index (κ2) is 12.5. The van der Waals surface area contributed by atoms with E-state index in [0.717, 1.165) is 38.2 Å². The van der Waals surface area contributed by atoms with E-state index in [2.05, 4.69) is 5.16 Å². The molecule has 1 atom stereocenters. The van der Waals surface area contributed by atoms with Gasteiger partial charge in [0.1, 0.15) is 23.2 Å². The molecule has 1 fully saturated rings. The zero-order valence-electron chi connectivity index (χ0n) is 19.3. The highest BCUT2D eigenvalue weighted by atomic mass is 35.5. The Morgan fingerprint density at radius 2 is 1.91 bits per heavy atom. The standard InChI is InChI=1S/C25H31ClN2O6/c1-17-10-6-3-2-4-7-11-18(27-33-16-22(31)28-12-8-5-9-13-28)14-19-23(25(32)34-17)20(29)15-21(30)24(19)26/h3,6-7,11,15,17,29-30H,2,4-5,8-10,12-14,16H2,1H3/t17-/m1/s1. The minimum atomic E-state index is -0.753. The molecule has 1 aromatic rings. The molecule has 2 heterocycles. The molecule has 3 rings (SSSR count). The van der Waals surface area contributed by atoms with Crippen LogP contribution in [0.3, 0.4) is 0 Å². The summed E-state index contributed by atoms with van der Waals surface area (Å²) in [4.78, 5) is 32.4. The number of phenolic OH excluding ortho intramolecular Hbond substituents is 2. The number of aromatic hydroxyl groups is 2. The third-order valence-electron chi connectivity index (χ3n) is 5.71. The second-order valence-electron chi connectivity index (χ2n) is 8.46. The van der Waals surface area contributed by atoms with E-state index in [-0.39, 0.29) is 40.8 Å². The van der Waals surface area contributed by atoms with E-state index in [1.54, 1.807) is 17.9 Å². The summed E-state index contributed by atoms with van der Waals surface area (Å²) in [6.07, 6.45) is 12.3. The van der Waals surface area contributed by atoms with Crippen LogP contribution in [0.2, 0.25) is 5.02 Å². The van der Waals surface area contributed by atoms with Gasteiger partial charge in [0, 0.05) is 32.0 Å². The Bertz CT molecular complexity index is 982. The molecule has 2 N–H and O–H groups in total. The van der Waals surface area contributed by atoms with Crippen LogP contribution in [-0.2, 0) is 20.8 Å². The van der Waals surface area contributed by atoms with Gasteiger partial charge in [-0.15, -0.1) is 0 Å². The van der Waals surface area contributed by atoms with Crippen molar-refractivity contribution in [2.45, 2.75) is 58.0 Å². The van der Waals surface area contributed by atoms with Crippen molar-refractivity contribution in [3.05, 3.63) is 46.5 Å². The Morgan fingerprint density at radius 1 is 1.18 bits per heavy atom. The van der Waals surface area contributed by atoms with Crippen molar-refractivity contribution in [3.8, 4) is 11.5 Å². The average Bonchev–Trinajstić information content (AvgIpc) is 2.81. The lowest BCUT2D eigenvalue weighted by Crippen LogP contribution is -2.37. The van der Waals surface area contributed by atoms with Gasteiger partial charge in [0.2, 0.25) is 0 Å². The van der Waals surface area contributed by atoms with Crippen LogP contribution >= 0.6 is 11.6 Å². The van der Waals surface area contributed by atoms with Gasteiger partial charge in [-0.25, -0.2) is 4.79 Å². The Labute approximate surface area is 204 Å². The van der Waals surface area contributed by atoms with E-state index in [4.69, 9.17) is 21.2 Å². The Kier molecular flexibility index (Phi) is 9.39. The molecule has 0 radical (unpaired) electrons. The summed E-state index contributed by atoms with van der Waals surface area (Å²) < 4.78 is 5.48. The van der Waals surface area contributed by atoms with Gasteiger partial charge in [0.05, 0.1) is 10.7 Å². The van der Waals surface area contributed by atoms with Crippen molar-refractivity contribution < 1.29 is 29.4 Å². The fraction of sp³-hybridized carbons (Fsp3) is 0.480. The predicted octanol–water partition coefficient (Wildman–Crippen LogP) is 4.52. The molecule has 1 amide bonds. The summed E-state index contributed by atoms with van der Waals surface area (Å²) in [7, 11) is 0. The van der Waals surface area contributed by atoms with Crippen LogP contribution in [0.5, 0.6) is 11.5 Å². The zero-order valence-corrected chi connectivity index (χ0v) is 20.1. The summed E-state index contributed by atoms with van der Waals surface area (Å²) >= 11 is 6.33. The highest BCUT2D eigenvalue weighted by molar-refractivity contribution is 6.33. The molecule has 0 aromatic heterocycles.